The highest BCUT2D eigenvalue weighted by Gasteiger charge is 2.19. The fourth-order valence-electron chi connectivity index (χ4n) is 8.43. The van der Waals surface area contributed by atoms with Gasteiger partial charge in [0.1, 0.15) is 13.2 Å². The first kappa shape index (κ1) is 72.5. The van der Waals surface area contributed by atoms with Crippen molar-refractivity contribution in [2.45, 2.75) is 284 Å². The molecule has 0 fully saturated rings. The maximum Gasteiger partial charge on any atom is 0.306 e. The summed E-state index contributed by atoms with van der Waals surface area (Å²) in [6.45, 7) is 6.37. The summed E-state index contributed by atoms with van der Waals surface area (Å²) < 4.78 is 16.9. The zero-order chi connectivity index (χ0) is 55.7. The Balaban J connectivity index is 4.41. The van der Waals surface area contributed by atoms with Crippen molar-refractivity contribution in [1.29, 1.82) is 0 Å². The summed E-state index contributed by atoms with van der Waals surface area (Å²) in [6.07, 6.45) is 90.2. The van der Waals surface area contributed by atoms with Crippen LogP contribution in [0.25, 0.3) is 0 Å². The number of rotatable bonds is 56. The molecule has 0 aliphatic carbocycles. The van der Waals surface area contributed by atoms with Gasteiger partial charge in [0.15, 0.2) is 6.10 Å². The lowest BCUT2D eigenvalue weighted by Crippen LogP contribution is -2.30. The lowest BCUT2D eigenvalue weighted by atomic mass is 10.1. The number of hydrogen-bond acceptors (Lipinski definition) is 6. The molecular formula is C71H116O6. The molecule has 6 heteroatoms. The van der Waals surface area contributed by atoms with E-state index in [1.54, 1.807) is 0 Å². The van der Waals surface area contributed by atoms with Crippen LogP contribution in [0.4, 0.5) is 0 Å². The Morgan fingerprint density at radius 1 is 0.273 bits per heavy atom. The molecule has 6 nitrogen and oxygen atoms in total. The van der Waals surface area contributed by atoms with Gasteiger partial charge in [-0.2, -0.15) is 0 Å². The quantitative estimate of drug-likeness (QED) is 0.0261. The van der Waals surface area contributed by atoms with Gasteiger partial charge in [-0.25, -0.2) is 0 Å². The Kier molecular flexibility index (Phi) is 60.4. The first-order valence-corrected chi connectivity index (χ1v) is 31.7. The number of hydrogen-bond donors (Lipinski definition) is 0. The second-order valence-electron chi connectivity index (χ2n) is 20.5. The van der Waals surface area contributed by atoms with E-state index in [4.69, 9.17) is 14.2 Å². The molecule has 0 saturated heterocycles. The third kappa shape index (κ3) is 62.3. The smallest absolute Gasteiger partial charge is 0.306 e. The van der Waals surface area contributed by atoms with Gasteiger partial charge in [0, 0.05) is 19.3 Å². The van der Waals surface area contributed by atoms with E-state index < -0.39 is 6.10 Å². The number of allylic oxidation sites excluding steroid dienone is 22. The summed E-state index contributed by atoms with van der Waals surface area (Å²) in [5.74, 6) is -0.947. The average Bonchev–Trinajstić information content (AvgIpc) is 3.43. The van der Waals surface area contributed by atoms with Crippen LogP contribution < -0.4 is 0 Å². The molecule has 0 aromatic heterocycles. The number of carbonyl (C=O) groups excluding carboxylic acids is 3. The summed E-state index contributed by atoms with van der Waals surface area (Å²) in [7, 11) is 0. The minimum absolute atomic E-state index is 0.101. The molecule has 0 rings (SSSR count). The van der Waals surface area contributed by atoms with E-state index in [1.807, 2.05) is 0 Å². The highest BCUT2D eigenvalue weighted by molar-refractivity contribution is 5.71. The molecule has 0 N–H and O–H groups in total. The summed E-state index contributed by atoms with van der Waals surface area (Å²) in [5.41, 5.74) is 0. The van der Waals surface area contributed by atoms with E-state index in [1.165, 1.54) is 96.3 Å². The van der Waals surface area contributed by atoms with Gasteiger partial charge in [0.2, 0.25) is 0 Å². The molecule has 0 aliphatic heterocycles. The molecule has 0 spiro atoms. The van der Waals surface area contributed by atoms with Gasteiger partial charge in [-0.15, -0.1) is 0 Å². The third-order valence-electron chi connectivity index (χ3n) is 13.1. The van der Waals surface area contributed by atoms with E-state index in [0.29, 0.717) is 19.3 Å². The molecule has 77 heavy (non-hydrogen) atoms. The normalized spacial score (nSPS) is 13.0. The Hall–Kier alpha value is -4.45. The molecule has 0 radical (unpaired) electrons. The number of esters is 3. The molecule has 1 unspecified atom stereocenters. The molecule has 0 bridgehead atoms. The van der Waals surface area contributed by atoms with Gasteiger partial charge in [-0.1, -0.05) is 257 Å². The van der Waals surface area contributed by atoms with Crippen molar-refractivity contribution >= 4 is 17.9 Å². The molecule has 0 aromatic rings. The predicted molar refractivity (Wildman–Crippen MR) is 334 cm³/mol. The molecule has 0 aromatic carbocycles. The average molecular weight is 1070 g/mol. The maximum absolute atomic E-state index is 12.9. The number of carbonyl (C=O) groups is 3. The van der Waals surface area contributed by atoms with Crippen molar-refractivity contribution < 1.29 is 28.6 Å². The van der Waals surface area contributed by atoms with E-state index in [9.17, 15) is 14.4 Å². The highest BCUT2D eigenvalue weighted by Crippen LogP contribution is 2.15. The van der Waals surface area contributed by atoms with Crippen LogP contribution in [0.3, 0.4) is 0 Å². The van der Waals surface area contributed by atoms with Gasteiger partial charge in [0.05, 0.1) is 0 Å². The fraction of sp³-hybridized carbons (Fsp3) is 0.648. The first-order chi connectivity index (χ1) is 38.0. The fourth-order valence-corrected chi connectivity index (χ4v) is 8.43. The van der Waals surface area contributed by atoms with Crippen molar-refractivity contribution in [3.05, 3.63) is 134 Å². The zero-order valence-electron chi connectivity index (χ0n) is 49.9. The molecule has 0 aliphatic rings. The van der Waals surface area contributed by atoms with E-state index in [-0.39, 0.29) is 31.1 Å². The van der Waals surface area contributed by atoms with Crippen molar-refractivity contribution in [2.24, 2.45) is 0 Å². The van der Waals surface area contributed by atoms with Gasteiger partial charge >= 0.3 is 17.9 Å². The van der Waals surface area contributed by atoms with Crippen LogP contribution >= 0.6 is 0 Å². The van der Waals surface area contributed by atoms with E-state index in [2.05, 4.69) is 154 Å². The Morgan fingerprint density at radius 2 is 0.506 bits per heavy atom. The van der Waals surface area contributed by atoms with Gasteiger partial charge in [-0.05, 0) is 135 Å². The minimum Gasteiger partial charge on any atom is -0.462 e. The van der Waals surface area contributed by atoms with Crippen molar-refractivity contribution in [1.82, 2.24) is 0 Å². The monoisotopic (exact) mass is 1060 g/mol. The first-order valence-electron chi connectivity index (χ1n) is 31.7. The van der Waals surface area contributed by atoms with Crippen LogP contribution in [0.1, 0.15) is 278 Å². The Labute approximate surface area is 475 Å². The summed E-state index contributed by atoms with van der Waals surface area (Å²) in [5, 5.41) is 0. The van der Waals surface area contributed by atoms with Crippen LogP contribution in [-0.2, 0) is 28.6 Å². The van der Waals surface area contributed by atoms with E-state index >= 15 is 0 Å². The summed E-state index contributed by atoms with van der Waals surface area (Å²) >= 11 is 0. The summed E-state index contributed by atoms with van der Waals surface area (Å²) in [6, 6.07) is 0. The second-order valence-corrected chi connectivity index (χ2v) is 20.5. The van der Waals surface area contributed by atoms with Crippen LogP contribution in [0.2, 0.25) is 0 Å². The van der Waals surface area contributed by atoms with Crippen LogP contribution in [0.5, 0.6) is 0 Å². The van der Waals surface area contributed by atoms with Crippen molar-refractivity contribution in [3.8, 4) is 0 Å². The zero-order valence-corrected chi connectivity index (χ0v) is 49.9. The van der Waals surface area contributed by atoms with Crippen molar-refractivity contribution in [2.75, 3.05) is 13.2 Å². The topological polar surface area (TPSA) is 78.9 Å². The van der Waals surface area contributed by atoms with Crippen LogP contribution in [0, 0.1) is 0 Å². The molecule has 0 heterocycles. The number of unbranched alkanes of at least 4 members (excludes halogenated alkanes) is 23. The SMILES string of the molecule is CC/C=C\C/C=C\C/C=C\C/C=C\C/C=C\C/C=C\CCCCCCCCC(=O)OCC(COC(=O)CCCCC/C=C\C/C=C\C/C=C\CC)OC(=O)CCCCCCCCCCC/C=C\C/C=C\CCCCCCC. The van der Waals surface area contributed by atoms with Gasteiger partial charge < -0.3 is 14.2 Å². The Morgan fingerprint density at radius 3 is 0.805 bits per heavy atom. The largest absolute Gasteiger partial charge is 0.462 e. The molecule has 0 amide bonds. The van der Waals surface area contributed by atoms with Gasteiger partial charge in [0.25, 0.3) is 0 Å². The highest BCUT2D eigenvalue weighted by atomic mass is 16.6. The Bertz CT molecular complexity index is 1650. The second kappa shape index (κ2) is 64.1. The number of ether oxygens (including phenoxy) is 3. The van der Waals surface area contributed by atoms with Gasteiger partial charge in [-0.3, -0.25) is 14.4 Å². The standard InChI is InChI=1S/C71H116O6/c1-4-7-10-13-16-19-22-25-27-29-31-33-34-35-36-38-39-41-43-46-49-52-55-58-61-64-70(73)76-67-68(66-75-69(72)63-60-57-54-51-48-45-24-21-18-15-12-9-6-3)77-71(74)65-62-59-56-53-50-47-44-42-40-37-32-30-28-26-23-20-17-14-11-8-5-2/h7,9-10,12,16,18-19,21,23,25-27,30-33,35-36,39,41,45,48,68H,4-6,8,11,13-15,17,20,22,24,28-29,34,37-38,40,42-44,46-47,49-67H2,1-3H3/b10-7-,12-9-,19-16-,21-18-,26-23-,27-25-,32-30-,33-31-,36-35-,41-39-,48-45-. The lowest BCUT2D eigenvalue weighted by molar-refractivity contribution is -0.167. The predicted octanol–water partition coefficient (Wildman–Crippen LogP) is 21.8. The molecule has 1 atom stereocenters. The molecular weight excluding hydrogens is 949 g/mol. The van der Waals surface area contributed by atoms with Crippen molar-refractivity contribution in [3.63, 3.8) is 0 Å². The van der Waals surface area contributed by atoms with E-state index in [0.717, 1.165) is 141 Å². The lowest BCUT2D eigenvalue weighted by Gasteiger charge is -2.18. The minimum atomic E-state index is -0.805. The molecule has 0 saturated carbocycles. The third-order valence-corrected chi connectivity index (χ3v) is 13.1. The summed E-state index contributed by atoms with van der Waals surface area (Å²) in [4.78, 5) is 38.3. The van der Waals surface area contributed by atoms with Crippen LogP contribution in [0.15, 0.2) is 134 Å². The maximum atomic E-state index is 12.9. The van der Waals surface area contributed by atoms with Crippen LogP contribution in [-0.4, -0.2) is 37.2 Å². The molecule has 436 valence electrons.